The van der Waals surface area contributed by atoms with Gasteiger partial charge < -0.3 is 31.2 Å². The SMILES string of the molecule is N=Cc1cnc(Nc2cc(N3CCO[C@@H](CO)C3)ncn2)cc1N. The second-order valence-electron chi connectivity index (χ2n) is 5.35. The quantitative estimate of drug-likeness (QED) is 0.579. The Bertz CT molecular complexity index is 725. The number of aliphatic hydroxyl groups is 1. The molecule has 5 N–H and O–H groups in total. The average Bonchev–Trinajstić information content (AvgIpc) is 2.62. The second kappa shape index (κ2) is 7.20. The van der Waals surface area contributed by atoms with Gasteiger partial charge in [0, 0.05) is 48.9 Å². The Labute approximate surface area is 139 Å². The van der Waals surface area contributed by atoms with E-state index in [0.29, 0.717) is 42.6 Å². The van der Waals surface area contributed by atoms with Crippen LogP contribution in [0.5, 0.6) is 0 Å². The van der Waals surface area contributed by atoms with Gasteiger partial charge in [0.1, 0.15) is 23.8 Å². The van der Waals surface area contributed by atoms with Crippen molar-refractivity contribution in [2.45, 2.75) is 6.10 Å². The summed E-state index contributed by atoms with van der Waals surface area (Å²) < 4.78 is 5.45. The molecule has 1 fully saturated rings. The van der Waals surface area contributed by atoms with Gasteiger partial charge in [0.05, 0.1) is 19.3 Å². The van der Waals surface area contributed by atoms with Crippen molar-refractivity contribution in [1.82, 2.24) is 15.0 Å². The molecule has 24 heavy (non-hydrogen) atoms. The molecule has 1 atom stereocenters. The molecule has 0 amide bonds. The van der Waals surface area contributed by atoms with Crippen molar-refractivity contribution in [1.29, 1.82) is 5.41 Å². The van der Waals surface area contributed by atoms with Crippen LogP contribution in [-0.2, 0) is 4.74 Å². The van der Waals surface area contributed by atoms with Gasteiger partial charge in [-0.15, -0.1) is 0 Å². The standard InChI is InChI=1S/C15H19N7O2/c16-5-10-6-18-13(3-12(10)17)21-14-4-15(20-9-19-14)22-1-2-24-11(7-22)8-23/h3-6,9,11,16,23H,1-2,7-8H2,(H3,17,18,19,20,21)/t11-/m1/s1. The highest BCUT2D eigenvalue weighted by Gasteiger charge is 2.21. The summed E-state index contributed by atoms with van der Waals surface area (Å²) >= 11 is 0. The van der Waals surface area contributed by atoms with Gasteiger partial charge in [-0.2, -0.15) is 0 Å². The minimum atomic E-state index is -0.208. The molecule has 1 aliphatic rings. The summed E-state index contributed by atoms with van der Waals surface area (Å²) in [5, 5.41) is 19.5. The predicted molar refractivity (Wildman–Crippen MR) is 90.9 cm³/mol. The van der Waals surface area contributed by atoms with Gasteiger partial charge >= 0.3 is 0 Å². The Morgan fingerprint density at radius 3 is 2.96 bits per heavy atom. The molecule has 1 saturated heterocycles. The number of ether oxygens (including phenoxy) is 1. The van der Waals surface area contributed by atoms with Gasteiger partial charge in [-0.1, -0.05) is 0 Å². The molecule has 9 nitrogen and oxygen atoms in total. The van der Waals surface area contributed by atoms with Crippen LogP contribution in [0.3, 0.4) is 0 Å². The predicted octanol–water partition coefficient (Wildman–Crippen LogP) is 0.393. The number of nitrogens with one attached hydrogen (secondary N) is 2. The van der Waals surface area contributed by atoms with E-state index in [2.05, 4.69) is 20.3 Å². The number of nitrogen functional groups attached to an aromatic ring is 1. The molecule has 0 spiro atoms. The highest BCUT2D eigenvalue weighted by Crippen LogP contribution is 2.21. The monoisotopic (exact) mass is 329 g/mol. The third-order valence-electron chi connectivity index (χ3n) is 3.70. The third-order valence-corrected chi connectivity index (χ3v) is 3.70. The fourth-order valence-corrected chi connectivity index (χ4v) is 2.43. The van der Waals surface area contributed by atoms with E-state index < -0.39 is 0 Å². The summed E-state index contributed by atoms with van der Waals surface area (Å²) in [5.74, 6) is 1.87. The van der Waals surface area contributed by atoms with E-state index in [1.165, 1.54) is 12.5 Å². The summed E-state index contributed by atoms with van der Waals surface area (Å²) in [6.07, 6.45) is 3.95. The maximum atomic E-state index is 9.24. The maximum Gasteiger partial charge on any atom is 0.137 e. The van der Waals surface area contributed by atoms with E-state index in [0.717, 1.165) is 12.0 Å². The Kier molecular flexibility index (Phi) is 4.82. The number of morpholine rings is 1. The molecule has 2 aromatic rings. The second-order valence-corrected chi connectivity index (χ2v) is 5.35. The Morgan fingerprint density at radius 2 is 2.21 bits per heavy atom. The zero-order valence-corrected chi connectivity index (χ0v) is 13.0. The minimum Gasteiger partial charge on any atom is -0.398 e. The van der Waals surface area contributed by atoms with Crippen LogP contribution in [-0.4, -0.2) is 58.7 Å². The van der Waals surface area contributed by atoms with Crippen LogP contribution >= 0.6 is 0 Å². The lowest BCUT2D eigenvalue weighted by Gasteiger charge is -2.32. The molecule has 0 aromatic carbocycles. The Morgan fingerprint density at radius 1 is 1.38 bits per heavy atom. The van der Waals surface area contributed by atoms with E-state index in [1.54, 1.807) is 6.07 Å². The normalized spacial score (nSPS) is 17.5. The topological polar surface area (TPSA) is 133 Å². The first kappa shape index (κ1) is 16.1. The van der Waals surface area contributed by atoms with E-state index in [4.69, 9.17) is 15.9 Å². The van der Waals surface area contributed by atoms with Crippen LogP contribution < -0.4 is 16.0 Å². The van der Waals surface area contributed by atoms with Crippen LogP contribution in [0.15, 0.2) is 24.7 Å². The zero-order valence-electron chi connectivity index (χ0n) is 13.0. The van der Waals surface area contributed by atoms with Crippen LogP contribution in [0.4, 0.5) is 23.1 Å². The summed E-state index contributed by atoms with van der Waals surface area (Å²) in [7, 11) is 0. The summed E-state index contributed by atoms with van der Waals surface area (Å²) in [5.41, 5.74) is 6.88. The molecule has 3 heterocycles. The molecule has 2 aromatic heterocycles. The number of hydrogen-bond donors (Lipinski definition) is 4. The van der Waals surface area contributed by atoms with Crippen molar-refractivity contribution >= 4 is 29.4 Å². The molecular formula is C15H19N7O2. The summed E-state index contributed by atoms with van der Waals surface area (Å²) in [6.45, 7) is 1.80. The van der Waals surface area contributed by atoms with Crippen LogP contribution in [0.1, 0.15) is 5.56 Å². The van der Waals surface area contributed by atoms with Gasteiger partial charge in [0.2, 0.25) is 0 Å². The van der Waals surface area contributed by atoms with Gasteiger partial charge in [-0.3, -0.25) is 0 Å². The average molecular weight is 329 g/mol. The van der Waals surface area contributed by atoms with Crippen LogP contribution in [0, 0.1) is 5.41 Å². The largest absolute Gasteiger partial charge is 0.398 e. The number of nitrogens with two attached hydrogens (primary N) is 1. The highest BCUT2D eigenvalue weighted by atomic mass is 16.5. The third kappa shape index (κ3) is 3.58. The summed E-state index contributed by atoms with van der Waals surface area (Å²) in [6, 6.07) is 3.46. The number of pyridine rings is 1. The van der Waals surface area contributed by atoms with Gasteiger partial charge in [-0.05, 0) is 0 Å². The Balaban J connectivity index is 1.75. The van der Waals surface area contributed by atoms with Gasteiger partial charge in [0.15, 0.2) is 0 Å². The first-order valence-electron chi connectivity index (χ1n) is 7.52. The molecule has 0 aliphatic carbocycles. The zero-order chi connectivity index (χ0) is 16.9. The van der Waals surface area contributed by atoms with Crippen LogP contribution in [0.2, 0.25) is 0 Å². The number of nitrogens with zero attached hydrogens (tertiary/aromatic N) is 4. The molecule has 9 heteroatoms. The molecule has 1 aliphatic heterocycles. The highest BCUT2D eigenvalue weighted by molar-refractivity contribution is 5.85. The van der Waals surface area contributed by atoms with Crippen molar-refractivity contribution in [3.8, 4) is 0 Å². The van der Waals surface area contributed by atoms with Crippen LogP contribution in [0.25, 0.3) is 0 Å². The van der Waals surface area contributed by atoms with Crippen molar-refractivity contribution in [3.63, 3.8) is 0 Å². The van der Waals surface area contributed by atoms with Gasteiger partial charge in [0.25, 0.3) is 0 Å². The number of hydrogen-bond acceptors (Lipinski definition) is 9. The number of rotatable bonds is 5. The van der Waals surface area contributed by atoms with Gasteiger partial charge in [-0.25, -0.2) is 15.0 Å². The lowest BCUT2D eigenvalue weighted by Crippen LogP contribution is -2.44. The van der Waals surface area contributed by atoms with E-state index in [9.17, 15) is 5.11 Å². The molecule has 0 bridgehead atoms. The number of aliphatic hydroxyl groups excluding tert-OH is 1. The minimum absolute atomic E-state index is 0.0186. The molecular weight excluding hydrogens is 310 g/mol. The number of aromatic nitrogens is 3. The van der Waals surface area contributed by atoms with E-state index in [-0.39, 0.29) is 12.7 Å². The molecule has 3 rings (SSSR count). The Hall–Kier alpha value is -2.78. The lowest BCUT2D eigenvalue weighted by molar-refractivity contribution is 0.00336. The van der Waals surface area contributed by atoms with Crippen molar-refractivity contribution in [2.75, 3.05) is 42.3 Å². The summed E-state index contributed by atoms with van der Waals surface area (Å²) in [4.78, 5) is 14.7. The van der Waals surface area contributed by atoms with Crippen molar-refractivity contribution in [2.24, 2.45) is 0 Å². The van der Waals surface area contributed by atoms with E-state index >= 15 is 0 Å². The molecule has 126 valence electrons. The number of anilines is 4. The maximum absolute atomic E-state index is 9.24. The van der Waals surface area contributed by atoms with Crippen molar-refractivity contribution in [3.05, 3.63) is 30.2 Å². The smallest absolute Gasteiger partial charge is 0.137 e. The fraction of sp³-hybridized carbons (Fsp3) is 0.333. The first-order chi connectivity index (χ1) is 11.7. The lowest BCUT2D eigenvalue weighted by atomic mass is 10.2. The molecule has 0 saturated carbocycles. The van der Waals surface area contributed by atoms with Crippen molar-refractivity contribution < 1.29 is 9.84 Å². The molecule has 0 radical (unpaired) electrons. The first-order valence-corrected chi connectivity index (χ1v) is 7.52. The van der Waals surface area contributed by atoms with E-state index in [1.807, 2.05) is 11.0 Å². The fourth-order valence-electron chi connectivity index (χ4n) is 2.43. The molecule has 0 unspecified atom stereocenters.